The number of carbonyl (C=O) groups is 3. The van der Waals surface area contributed by atoms with Gasteiger partial charge in [-0.25, -0.2) is 9.59 Å². The molecule has 0 bridgehead atoms. The van der Waals surface area contributed by atoms with Gasteiger partial charge in [-0.3, -0.25) is 10.1 Å². The molecule has 114 valence electrons. The van der Waals surface area contributed by atoms with Crippen LogP contribution in [0.1, 0.15) is 30.6 Å². The fourth-order valence-corrected chi connectivity index (χ4v) is 1.34. The molecule has 1 atom stereocenters. The summed E-state index contributed by atoms with van der Waals surface area (Å²) >= 11 is 0. The van der Waals surface area contributed by atoms with Gasteiger partial charge < -0.3 is 15.2 Å². The summed E-state index contributed by atoms with van der Waals surface area (Å²) in [6, 6.07) is 4.70. The fraction of sp³-hybridized carbons (Fsp3) is 0.357. The highest BCUT2D eigenvalue weighted by Gasteiger charge is 2.13. The molecule has 1 aromatic rings. The number of urea groups is 1. The van der Waals surface area contributed by atoms with Gasteiger partial charge in [0.15, 0.2) is 6.61 Å². The predicted octanol–water partition coefficient (Wildman–Crippen LogP) is 1.17. The van der Waals surface area contributed by atoms with E-state index in [9.17, 15) is 14.4 Å². The summed E-state index contributed by atoms with van der Waals surface area (Å²) in [5, 5.41) is 13.7. The molecule has 0 spiro atoms. The minimum atomic E-state index is -0.720. The predicted molar refractivity (Wildman–Crippen MR) is 74.8 cm³/mol. The molecule has 0 fully saturated rings. The molecule has 3 amide bonds. The zero-order valence-corrected chi connectivity index (χ0v) is 11.9. The molecule has 1 rings (SSSR count). The normalized spacial score (nSPS) is 11.3. The van der Waals surface area contributed by atoms with Crippen LogP contribution in [0.3, 0.4) is 0 Å². The molecule has 21 heavy (non-hydrogen) atoms. The second-order valence-electron chi connectivity index (χ2n) is 4.45. The summed E-state index contributed by atoms with van der Waals surface area (Å²) in [5.41, 5.74) is 0.199. The minimum absolute atomic E-state index is 0.0195. The van der Waals surface area contributed by atoms with Gasteiger partial charge in [0.1, 0.15) is 5.75 Å². The Labute approximate surface area is 122 Å². The van der Waals surface area contributed by atoms with Gasteiger partial charge in [0, 0.05) is 6.04 Å². The monoisotopic (exact) mass is 294 g/mol. The van der Waals surface area contributed by atoms with Crippen LogP contribution in [-0.4, -0.2) is 35.7 Å². The van der Waals surface area contributed by atoms with E-state index in [2.05, 4.69) is 10.6 Å². The Bertz CT molecular complexity index is 513. The van der Waals surface area contributed by atoms with Crippen LogP contribution in [0.25, 0.3) is 0 Å². The van der Waals surface area contributed by atoms with Crippen LogP contribution < -0.4 is 10.6 Å². The number of rotatable bonds is 5. The molecule has 0 radical (unpaired) electrons. The van der Waals surface area contributed by atoms with E-state index in [4.69, 9.17) is 9.84 Å². The molecule has 7 nitrogen and oxygen atoms in total. The van der Waals surface area contributed by atoms with E-state index >= 15 is 0 Å². The smallest absolute Gasteiger partial charge is 0.338 e. The third kappa shape index (κ3) is 5.94. The van der Waals surface area contributed by atoms with Gasteiger partial charge >= 0.3 is 12.0 Å². The summed E-state index contributed by atoms with van der Waals surface area (Å²) in [6.07, 6.45) is 0.734. The fourth-order valence-electron chi connectivity index (χ4n) is 1.34. The largest absolute Gasteiger partial charge is 0.508 e. The van der Waals surface area contributed by atoms with Crippen molar-refractivity contribution >= 4 is 17.9 Å². The van der Waals surface area contributed by atoms with Crippen molar-refractivity contribution < 1.29 is 24.2 Å². The molecule has 0 aliphatic rings. The second-order valence-corrected chi connectivity index (χ2v) is 4.45. The summed E-state index contributed by atoms with van der Waals surface area (Å²) in [6.45, 7) is 3.13. The molecule has 0 saturated heterocycles. The number of carbonyl (C=O) groups excluding carboxylic acids is 3. The molecule has 0 aliphatic heterocycles. The summed E-state index contributed by atoms with van der Waals surface area (Å²) < 4.78 is 4.75. The third-order valence-electron chi connectivity index (χ3n) is 2.68. The summed E-state index contributed by atoms with van der Waals surface area (Å²) in [4.78, 5) is 34.4. The average Bonchev–Trinajstić information content (AvgIpc) is 2.45. The maximum Gasteiger partial charge on any atom is 0.338 e. The van der Waals surface area contributed by atoms with Crippen molar-refractivity contribution in [3.8, 4) is 5.75 Å². The topological polar surface area (TPSA) is 105 Å². The number of imide groups is 1. The average molecular weight is 294 g/mol. The highest BCUT2D eigenvalue weighted by molar-refractivity contribution is 5.97. The molecule has 3 N–H and O–H groups in total. The zero-order valence-electron chi connectivity index (χ0n) is 11.9. The van der Waals surface area contributed by atoms with Gasteiger partial charge in [-0.1, -0.05) is 6.92 Å². The molecule has 1 aromatic carbocycles. The Morgan fingerprint density at radius 2 is 1.86 bits per heavy atom. The number of aromatic hydroxyl groups is 1. The van der Waals surface area contributed by atoms with Crippen molar-refractivity contribution in [3.63, 3.8) is 0 Å². The van der Waals surface area contributed by atoms with Gasteiger partial charge in [-0.2, -0.15) is 0 Å². The number of amides is 3. The Morgan fingerprint density at radius 3 is 2.43 bits per heavy atom. The standard InChI is InChI=1S/C14H18N2O5/c1-3-9(2)15-14(20)16-12(18)8-21-13(19)10-4-6-11(17)7-5-10/h4-7,9,17H,3,8H2,1-2H3,(H2,15,16,18,20)/t9-/m1/s1. The van der Waals surface area contributed by atoms with E-state index in [1.165, 1.54) is 24.3 Å². The van der Waals surface area contributed by atoms with Crippen LogP contribution in [0.5, 0.6) is 5.75 Å². The third-order valence-corrected chi connectivity index (χ3v) is 2.68. The quantitative estimate of drug-likeness (QED) is 0.707. The van der Waals surface area contributed by atoms with Crippen molar-refractivity contribution in [2.24, 2.45) is 0 Å². The second kappa shape index (κ2) is 7.88. The van der Waals surface area contributed by atoms with Gasteiger partial charge in [-0.05, 0) is 37.6 Å². The van der Waals surface area contributed by atoms with Crippen LogP contribution >= 0.6 is 0 Å². The van der Waals surface area contributed by atoms with E-state index in [0.29, 0.717) is 0 Å². The van der Waals surface area contributed by atoms with E-state index < -0.39 is 24.5 Å². The first-order valence-electron chi connectivity index (χ1n) is 6.49. The number of esters is 1. The van der Waals surface area contributed by atoms with Gasteiger partial charge in [0.2, 0.25) is 0 Å². The first kappa shape index (κ1) is 16.5. The highest BCUT2D eigenvalue weighted by atomic mass is 16.5. The molecule has 7 heteroatoms. The number of nitrogens with one attached hydrogen (secondary N) is 2. The summed E-state index contributed by atoms with van der Waals surface area (Å²) in [5.74, 6) is -1.42. The van der Waals surface area contributed by atoms with Crippen LogP contribution in [0.4, 0.5) is 4.79 Å². The number of phenolic OH excluding ortho intramolecular Hbond substituents is 1. The van der Waals surface area contributed by atoms with Crippen molar-refractivity contribution in [1.29, 1.82) is 0 Å². The number of hydrogen-bond donors (Lipinski definition) is 3. The van der Waals surface area contributed by atoms with Crippen molar-refractivity contribution in [2.75, 3.05) is 6.61 Å². The van der Waals surface area contributed by atoms with Crippen LogP contribution in [-0.2, 0) is 9.53 Å². The van der Waals surface area contributed by atoms with Gasteiger partial charge in [0.25, 0.3) is 5.91 Å². The number of benzene rings is 1. The van der Waals surface area contributed by atoms with Crippen molar-refractivity contribution in [2.45, 2.75) is 26.3 Å². The molecule has 0 aliphatic carbocycles. The van der Waals surface area contributed by atoms with E-state index in [1.807, 2.05) is 6.92 Å². The van der Waals surface area contributed by atoms with Crippen molar-refractivity contribution in [1.82, 2.24) is 10.6 Å². The Kier molecular flexibility index (Phi) is 6.19. The maximum absolute atomic E-state index is 11.6. The molecular formula is C14H18N2O5. The summed E-state index contributed by atoms with van der Waals surface area (Å²) in [7, 11) is 0. The van der Waals surface area contributed by atoms with E-state index in [-0.39, 0.29) is 17.4 Å². The Morgan fingerprint density at radius 1 is 1.24 bits per heavy atom. The first-order chi connectivity index (χ1) is 9.92. The maximum atomic E-state index is 11.6. The SMILES string of the molecule is CC[C@@H](C)NC(=O)NC(=O)COC(=O)c1ccc(O)cc1. The molecule has 0 saturated carbocycles. The van der Waals surface area contributed by atoms with Crippen LogP contribution in [0.2, 0.25) is 0 Å². The lowest BCUT2D eigenvalue weighted by molar-refractivity contribution is -0.123. The molecule has 0 aromatic heterocycles. The number of phenols is 1. The first-order valence-corrected chi connectivity index (χ1v) is 6.49. The van der Waals surface area contributed by atoms with Crippen LogP contribution in [0.15, 0.2) is 24.3 Å². The lowest BCUT2D eigenvalue weighted by atomic mass is 10.2. The highest BCUT2D eigenvalue weighted by Crippen LogP contribution is 2.10. The van der Waals surface area contributed by atoms with Gasteiger partial charge in [0.05, 0.1) is 5.56 Å². The van der Waals surface area contributed by atoms with Crippen LogP contribution in [0, 0.1) is 0 Å². The van der Waals surface area contributed by atoms with E-state index in [1.54, 1.807) is 6.92 Å². The number of ether oxygens (including phenoxy) is 1. The number of hydrogen-bond acceptors (Lipinski definition) is 5. The molecule has 0 heterocycles. The van der Waals surface area contributed by atoms with Crippen molar-refractivity contribution in [3.05, 3.63) is 29.8 Å². The lowest BCUT2D eigenvalue weighted by Crippen LogP contribution is -2.44. The van der Waals surface area contributed by atoms with Gasteiger partial charge in [-0.15, -0.1) is 0 Å². The Hall–Kier alpha value is -2.57. The zero-order chi connectivity index (χ0) is 15.8. The minimum Gasteiger partial charge on any atom is -0.508 e. The molecule has 0 unspecified atom stereocenters. The molecular weight excluding hydrogens is 276 g/mol. The van der Waals surface area contributed by atoms with E-state index in [0.717, 1.165) is 6.42 Å². The lowest BCUT2D eigenvalue weighted by Gasteiger charge is -2.11. The Balaban J connectivity index is 2.37.